The Bertz CT molecular complexity index is 1080. The second-order valence-electron chi connectivity index (χ2n) is 6.65. The standard InChI is InChI=1S/C21H22N2O4S/c1-15(2)23-28(25,26)20-11-8-18(9-12-20)22-21(24)14-27-19-10-7-16-5-3-4-6-17(16)13-19/h3-13,15,23H,14H2,1-2H3,(H,22,24). The molecule has 3 rings (SSSR count). The number of nitrogens with one attached hydrogen (secondary N) is 2. The number of benzene rings is 3. The first kappa shape index (κ1) is 19.9. The van der Waals surface area contributed by atoms with Crippen molar-refractivity contribution in [3.63, 3.8) is 0 Å². The Morgan fingerprint density at radius 2 is 1.64 bits per heavy atom. The number of carbonyl (C=O) groups excluding carboxylic acids is 1. The number of hydrogen-bond donors (Lipinski definition) is 2. The van der Waals surface area contributed by atoms with Crippen molar-refractivity contribution in [1.82, 2.24) is 4.72 Å². The van der Waals surface area contributed by atoms with E-state index in [0.29, 0.717) is 11.4 Å². The Kier molecular flexibility index (Phi) is 5.96. The minimum absolute atomic E-state index is 0.145. The SMILES string of the molecule is CC(C)NS(=O)(=O)c1ccc(NC(=O)COc2ccc3ccccc3c2)cc1. The molecule has 3 aromatic rings. The summed E-state index contributed by atoms with van der Waals surface area (Å²) in [6, 6.07) is 19.3. The van der Waals surface area contributed by atoms with Crippen LogP contribution < -0.4 is 14.8 Å². The number of sulfonamides is 1. The van der Waals surface area contributed by atoms with Crippen LogP contribution in [0.2, 0.25) is 0 Å². The summed E-state index contributed by atoms with van der Waals surface area (Å²) in [7, 11) is -3.56. The number of amides is 1. The highest BCUT2D eigenvalue weighted by molar-refractivity contribution is 7.89. The quantitative estimate of drug-likeness (QED) is 0.637. The Balaban J connectivity index is 1.58. The Labute approximate surface area is 164 Å². The van der Waals surface area contributed by atoms with Crippen molar-refractivity contribution < 1.29 is 17.9 Å². The van der Waals surface area contributed by atoms with E-state index < -0.39 is 10.0 Å². The number of fused-ring (bicyclic) bond motifs is 1. The molecule has 0 atom stereocenters. The van der Waals surface area contributed by atoms with Crippen molar-refractivity contribution in [1.29, 1.82) is 0 Å². The molecule has 0 fully saturated rings. The topological polar surface area (TPSA) is 84.5 Å². The minimum atomic E-state index is -3.56. The first-order valence-electron chi connectivity index (χ1n) is 8.87. The highest BCUT2D eigenvalue weighted by Gasteiger charge is 2.15. The molecule has 1 amide bonds. The first-order chi connectivity index (χ1) is 13.3. The molecule has 0 saturated heterocycles. The van der Waals surface area contributed by atoms with Gasteiger partial charge in [0.1, 0.15) is 5.75 Å². The number of hydrogen-bond acceptors (Lipinski definition) is 4. The van der Waals surface area contributed by atoms with Gasteiger partial charge >= 0.3 is 0 Å². The normalized spacial score (nSPS) is 11.5. The van der Waals surface area contributed by atoms with Gasteiger partial charge in [-0.2, -0.15) is 0 Å². The summed E-state index contributed by atoms with van der Waals surface area (Å²) in [5.74, 6) is 0.277. The van der Waals surface area contributed by atoms with E-state index in [1.165, 1.54) is 12.1 Å². The predicted octanol–water partition coefficient (Wildman–Crippen LogP) is 3.54. The van der Waals surface area contributed by atoms with E-state index in [9.17, 15) is 13.2 Å². The van der Waals surface area contributed by atoms with Crippen LogP contribution in [0.15, 0.2) is 71.6 Å². The van der Waals surface area contributed by atoms with E-state index in [1.54, 1.807) is 26.0 Å². The fraction of sp³-hybridized carbons (Fsp3) is 0.190. The zero-order valence-electron chi connectivity index (χ0n) is 15.7. The van der Waals surface area contributed by atoms with Crippen LogP contribution in [0.25, 0.3) is 10.8 Å². The van der Waals surface area contributed by atoms with Crippen LogP contribution in [0.3, 0.4) is 0 Å². The summed E-state index contributed by atoms with van der Waals surface area (Å²) in [5, 5.41) is 4.82. The molecule has 0 aliphatic heterocycles. The van der Waals surface area contributed by atoms with Gasteiger partial charge in [0.2, 0.25) is 10.0 Å². The van der Waals surface area contributed by atoms with Gasteiger partial charge in [0.25, 0.3) is 5.91 Å². The van der Waals surface area contributed by atoms with Gasteiger partial charge in [-0.3, -0.25) is 4.79 Å². The zero-order chi connectivity index (χ0) is 20.1. The maximum atomic E-state index is 12.1. The Hall–Kier alpha value is -2.90. The fourth-order valence-electron chi connectivity index (χ4n) is 2.70. The summed E-state index contributed by atoms with van der Waals surface area (Å²) in [4.78, 5) is 12.3. The third kappa shape index (κ3) is 5.09. The molecule has 0 aliphatic carbocycles. The molecule has 0 bridgehead atoms. The molecule has 0 spiro atoms. The van der Waals surface area contributed by atoms with E-state index in [-0.39, 0.29) is 23.5 Å². The van der Waals surface area contributed by atoms with Gasteiger partial charge in [-0.1, -0.05) is 30.3 Å². The lowest BCUT2D eigenvalue weighted by Crippen LogP contribution is -2.30. The Morgan fingerprint density at radius 3 is 2.32 bits per heavy atom. The van der Waals surface area contributed by atoms with Crippen LogP contribution in [0.4, 0.5) is 5.69 Å². The summed E-state index contributed by atoms with van der Waals surface area (Å²) >= 11 is 0. The molecule has 7 heteroatoms. The van der Waals surface area contributed by atoms with Crippen molar-refractivity contribution in [2.45, 2.75) is 24.8 Å². The van der Waals surface area contributed by atoms with Crippen molar-refractivity contribution in [3.05, 3.63) is 66.7 Å². The molecule has 0 aliphatic rings. The lowest BCUT2D eigenvalue weighted by atomic mass is 10.1. The summed E-state index contributed by atoms with van der Waals surface area (Å²) < 4.78 is 32.3. The molecule has 146 valence electrons. The van der Waals surface area contributed by atoms with Crippen LogP contribution in [-0.4, -0.2) is 27.0 Å². The highest BCUT2D eigenvalue weighted by atomic mass is 32.2. The molecule has 0 saturated carbocycles. The third-order valence-electron chi connectivity index (χ3n) is 3.93. The van der Waals surface area contributed by atoms with Gasteiger partial charge in [0, 0.05) is 11.7 Å². The maximum absolute atomic E-state index is 12.1. The Morgan fingerprint density at radius 1 is 0.964 bits per heavy atom. The van der Waals surface area contributed by atoms with Crippen molar-refractivity contribution in [2.75, 3.05) is 11.9 Å². The first-order valence-corrected chi connectivity index (χ1v) is 10.4. The second kappa shape index (κ2) is 8.41. The van der Waals surface area contributed by atoms with Crippen molar-refractivity contribution in [3.8, 4) is 5.75 Å². The van der Waals surface area contributed by atoms with Crippen LogP contribution in [-0.2, 0) is 14.8 Å². The van der Waals surface area contributed by atoms with E-state index in [2.05, 4.69) is 10.0 Å². The van der Waals surface area contributed by atoms with Gasteiger partial charge in [0.15, 0.2) is 6.61 Å². The zero-order valence-corrected chi connectivity index (χ0v) is 16.5. The van der Waals surface area contributed by atoms with Crippen molar-refractivity contribution in [2.24, 2.45) is 0 Å². The molecule has 0 radical (unpaired) electrons. The monoisotopic (exact) mass is 398 g/mol. The number of ether oxygens (including phenoxy) is 1. The van der Waals surface area contributed by atoms with E-state index in [0.717, 1.165) is 10.8 Å². The smallest absolute Gasteiger partial charge is 0.262 e. The van der Waals surface area contributed by atoms with Crippen LogP contribution in [0, 0.1) is 0 Å². The number of carbonyl (C=O) groups is 1. The molecular weight excluding hydrogens is 376 g/mol. The largest absolute Gasteiger partial charge is 0.484 e. The summed E-state index contributed by atoms with van der Waals surface area (Å²) in [6.45, 7) is 3.36. The molecule has 0 unspecified atom stereocenters. The van der Waals surface area contributed by atoms with Gasteiger partial charge in [0.05, 0.1) is 4.90 Å². The molecule has 28 heavy (non-hydrogen) atoms. The van der Waals surface area contributed by atoms with Gasteiger partial charge < -0.3 is 10.1 Å². The highest BCUT2D eigenvalue weighted by Crippen LogP contribution is 2.20. The van der Waals surface area contributed by atoms with Gasteiger partial charge in [-0.25, -0.2) is 13.1 Å². The average molecular weight is 398 g/mol. The van der Waals surface area contributed by atoms with Gasteiger partial charge in [-0.05, 0) is 61.0 Å². The average Bonchev–Trinajstić information content (AvgIpc) is 2.65. The second-order valence-corrected chi connectivity index (χ2v) is 8.36. The third-order valence-corrected chi connectivity index (χ3v) is 5.60. The minimum Gasteiger partial charge on any atom is -0.484 e. The lowest BCUT2D eigenvalue weighted by Gasteiger charge is -2.11. The summed E-state index contributed by atoms with van der Waals surface area (Å²) in [6.07, 6.45) is 0. The van der Waals surface area contributed by atoms with Gasteiger partial charge in [-0.15, -0.1) is 0 Å². The van der Waals surface area contributed by atoms with E-state index >= 15 is 0 Å². The summed E-state index contributed by atoms with van der Waals surface area (Å²) in [5.41, 5.74) is 0.496. The van der Waals surface area contributed by atoms with Crippen molar-refractivity contribution >= 4 is 32.4 Å². The predicted molar refractivity (Wildman–Crippen MR) is 110 cm³/mol. The molecule has 6 nitrogen and oxygen atoms in total. The molecule has 0 aromatic heterocycles. The van der Waals surface area contributed by atoms with E-state index in [4.69, 9.17) is 4.74 Å². The molecule has 3 aromatic carbocycles. The fourth-order valence-corrected chi connectivity index (χ4v) is 3.95. The lowest BCUT2D eigenvalue weighted by molar-refractivity contribution is -0.118. The van der Waals surface area contributed by atoms with Crippen LogP contribution in [0.1, 0.15) is 13.8 Å². The maximum Gasteiger partial charge on any atom is 0.262 e. The van der Waals surface area contributed by atoms with Crippen LogP contribution >= 0.6 is 0 Å². The molecule has 2 N–H and O–H groups in total. The molecule has 0 heterocycles. The molecular formula is C21H22N2O4S. The number of anilines is 1. The number of rotatable bonds is 7. The van der Waals surface area contributed by atoms with Crippen LogP contribution in [0.5, 0.6) is 5.75 Å². The van der Waals surface area contributed by atoms with E-state index in [1.807, 2.05) is 42.5 Å².